The van der Waals surface area contributed by atoms with Gasteiger partial charge in [0.15, 0.2) is 0 Å². The SMILES string of the molecule is Cc1cc(C2(c3cc(C)c(N(C)C(=O)c4c(C)cc([N+](=O)[O-])cc4C)c(C)c3)CCN(C(=O)OCc3ccccc3)CC2)cc(C)c1NC(=O)OCc1ccccc1. The zero-order chi connectivity index (χ0) is 41.7. The van der Waals surface area contributed by atoms with Gasteiger partial charge in [-0.15, -0.1) is 0 Å². The molecule has 0 spiro atoms. The number of aryl methyl sites for hydroxylation is 6. The first-order valence-electron chi connectivity index (χ1n) is 19.4. The minimum absolute atomic E-state index is 0.0519. The normalized spacial score (nSPS) is 13.4. The van der Waals surface area contributed by atoms with E-state index in [-0.39, 0.29) is 30.9 Å². The third kappa shape index (κ3) is 8.73. The van der Waals surface area contributed by atoms with Gasteiger partial charge in [-0.2, -0.15) is 0 Å². The van der Waals surface area contributed by atoms with Gasteiger partial charge in [-0.05, 0) is 110 Å². The first kappa shape index (κ1) is 41.2. The Morgan fingerprint density at radius 1 is 0.707 bits per heavy atom. The number of piperidine rings is 1. The Balaban J connectivity index is 1.32. The average Bonchev–Trinajstić information content (AvgIpc) is 3.20. The highest BCUT2D eigenvalue weighted by Gasteiger charge is 2.41. The van der Waals surface area contributed by atoms with Gasteiger partial charge in [0.1, 0.15) is 13.2 Å². The van der Waals surface area contributed by atoms with E-state index in [0.29, 0.717) is 48.3 Å². The highest BCUT2D eigenvalue weighted by atomic mass is 16.6. The molecule has 0 bridgehead atoms. The van der Waals surface area contributed by atoms with Crippen LogP contribution in [-0.2, 0) is 28.1 Å². The maximum absolute atomic E-state index is 14.1. The van der Waals surface area contributed by atoms with Gasteiger partial charge in [0.05, 0.1) is 4.92 Å². The lowest BCUT2D eigenvalue weighted by Crippen LogP contribution is -2.46. The first-order valence-corrected chi connectivity index (χ1v) is 19.4. The number of nitro benzene ring substituents is 1. The van der Waals surface area contributed by atoms with Gasteiger partial charge < -0.3 is 19.3 Å². The van der Waals surface area contributed by atoms with Gasteiger partial charge in [0, 0.05) is 54.6 Å². The summed E-state index contributed by atoms with van der Waals surface area (Å²) in [5.41, 5.74) is 9.80. The molecule has 11 heteroatoms. The number of rotatable bonds is 10. The Bertz CT molecular complexity index is 2280. The number of nitrogens with one attached hydrogen (secondary N) is 1. The van der Waals surface area contributed by atoms with E-state index in [4.69, 9.17) is 9.47 Å². The third-order valence-corrected chi connectivity index (χ3v) is 11.2. The summed E-state index contributed by atoms with van der Waals surface area (Å²) in [6, 6.07) is 30.5. The molecular formula is C47H50N4O7. The predicted molar refractivity (Wildman–Crippen MR) is 226 cm³/mol. The Kier molecular flexibility index (Phi) is 12.3. The van der Waals surface area contributed by atoms with Crippen LogP contribution in [0.4, 0.5) is 26.7 Å². The van der Waals surface area contributed by atoms with Crippen LogP contribution < -0.4 is 10.2 Å². The lowest BCUT2D eigenvalue weighted by Gasteiger charge is -2.43. The van der Waals surface area contributed by atoms with E-state index in [0.717, 1.165) is 50.2 Å². The summed E-state index contributed by atoms with van der Waals surface area (Å²) in [6.45, 7) is 12.6. The standard InChI is InChI=1S/C47H50N4O7/c1-30-26-40(51(55)56)27-31(2)41(30)44(52)49(7)43-34(5)24-39(25-35(43)6)47(18-20-50(21-19-47)46(54)58-29-37-16-12-9-13-17-37)38-22-32(3)42(33(4)23-38)48-45(53)57-28-36-14-10-8-11-15-36/h8-17,22-27H,18-21,28-29H2,1-7H3,(H,48,53). The fourth-order valence-electron chi connectivity index (χ4n) is 8.34. The molecule has 6 rings (SSSR count). The van der Waals surface area contributed by atoms with Gasteiger partial charge in [-0.25, -0.2) is 9.59 Å². The number of carbonyl (C=O) groups is 3. The van der Waals surface area contributed by atoms with E-state index in [9.17, 15) is 24.5 Å². The zero-order valence-electron chi connectivity index (χ0n) is 34.2. The number of hydrogen-bond acceptors (Lipinski definition) is 7. The monoisotopic (exact) mass is 782 g/mol. The van der Waals surface area contributed by atoms with Crippen LogP contribution in [0.2, 0.25) is 0 Å². The summed E-state index contributed by atoms with van der Waals surface area (Å²) in [7, 11) is 1.73. The summed E-state index contributed by atoms with van der Waals surface area (Å²) in [4.78, 5) is 54.8. The molecule has 0 aromatic heterocycles. The van der Waals surface area contributed by atoms with Crippen molar-refractivity contribution in [3.05, 3.63) is 168 Å². The van der Waals surface area contributed by atoms with Crippen molar-refractivity contribution in [1.82, 2.24) is 4.90 Å². The van der Waals surface area contributed by atoms with Crippen molar-refractivity contribution in [2.45, 2.75) is 73.0 Å². The molecule has 1 fully saturated rings. The van der Waals surface area contributed by atoms with E-state index in [1.165, 1.54) is 12.1 Å². The highest BCUT2D eigenvalue weighted by Crippen LogP contribution is 2.45. The second-order valence-electron chi connectivity index (χ2n) is 15.3. The molecule has 11 nitrogen and oxygen atoms in total. The molecule has 5 aromatic carbocycles. The number of nitrogens with zero attached hydrogens (tertiary/aromatic N) is 3. The summed E-state index contributed by atoms with van der Waals surface area (Å²) in [5.74, 6) is -0.252. The highest BCUT2D eigenvalue weighted by molar-refractivity contribution is 6.08. The molecule has 1 aliphatic heterocycles. The molecule has 1 aliphatic rings. The molecular weight excluding hydrogens is 733 g/mol. The Morgan fingerprint density at radius 3 is 1.66 bits per heavy atom. The molecule has 5 aromatic rings. The largest absolute Gasteiger partial charge is 0.445 e. The number of benzene rings is 5. The van der Waals surface area contributed by atoms with Gasteiger partial charge in [0.25, 0.3) is 11.6 Å². The Morgan fingerprint density at radius 2 is 1.17 bits per heavy atom. The van der Waals surface area contributed by atoms with Crippen molar-refractivity contribution in [3.8, 4) is 0 Å². The molecule has 3 amide bonds. The number of amides is 3. The van der Waals surface area contributed by atoms with Crippen molar-refractivity contribution >= 4 is 35.2 Å². The quantitative estimate of drug-likeness (QED) is 0.110. The van der Waals surface area contributed by atoms with Crippen LogP contribution in [-0.4, -0.2) is 48.1 Å². The van der Waals surface area contributed by atoms with Crippen LogP contribution in [0.3, 0.4) is 0 Å². The minimum atomic E-state index is -0.542. The van der Waals surface area contributed by atoms with Crippen LogP contribution in [0.1, 0.15) is 78.8 Å². The van der Waals surface area contributed by atoms with Crippen LogP contribution in [0.5, 0.6) is 0 Å². The number of nitro groups is 1. The number of hydrogen-bond donors (Lipinski definition) is 1. The maximum Gasteiger partial charge on any atom is 0.411 e. The Hall–Kier alpha value is -6.49. The van der Waals surface area contributed by atoms with Gasteiger partial charge in [-0.3, -0.25) is 20.2 Å². The van der Waals surface area contributed by atoms with Gasteiger partial charge >= 0.3 is 12.2 Å². The predicted octanol–water partition coefficient (Wildman–Crippen LogP) is 10.2. The van der Waals surface area contributed by atoms with Crippen LogP contribution in [0, 0.1) is 51.7 Å². The number of non-ortho nitro benzene ring substituents is 1. The Labute approximate surface area is 339 Å². The second-order valence-corrected chi connectivity index (χ2v) is 15.3. The molecule has 300 valence electrons. The number of likely N-dealkylation sites (tertiary alicyclic amines) is 1. The van der Waals surface area contributed by atoms with Crippen molar-refractivity contribution in [3.63, 3.8) is 0 Å². The molecule has 0 aliphatic carbocycles. The lowest BCUT2D eigenvalue weighted by atomic mass is 9.67. The fraction of sp³-hybridized carbons (Fsp3) is 0.298. The summed E-state index contributed by atoms with van der Waals surface area (Å²) < 4.78 is 11.3. The molecule has 1 heterocycles. The van der Waals surface area contributed by atoms with E-state index in [1.807, 2.05) is 88.4 Å². The average molecular weight is 783 g/mol. The van der Waals surface area contributed by atoms with E-state index in [2.05, 4.69) is 29.6 Å². The van der Waals surface area contributed by atoms with E-state index >= 15 is 0 Å². The maximum atomic E-state index is 14.1. The van der Waals surface area contributed by atoms with Crippen LogP contribution in [0.25, 0.3) is 0 Å². The fourth-order valence-corrected chi connectivity index (χ4v) is 8.34. The van der Waals surface area contributed by atoms with Crippen molar-refractivity contribution in [2.24, 2.45) is 0 Å². The molecule has 58 heavy (non-hydrogen) atoms. The van der Waals surface area contributed by atoms with E-state index < -0.39 is 16.4 Å². The van der Waals surface area contributed by atoms with Gasteiger partial charge in [-0.1, -0.05) is 84.9 Å². The van der Waals surface area contributed by atoms with Gasteiger partial charge in [0.2, 0.25) is 0 Å². The molecule has 0 atom stereocenters. The molecule has 0 unspecified atom stereocenters. The van der Waals surface area contributed by atoms with Crippen molar-refractivity contribution < 1.29 is 28.8 Å². The van der Waals surface area contributed by atoms with Crippen LogP contribution >= 0.6 is 0 Å². The second kappa shape index (κ2) is 17.3. The van der Waals surface area contributed by atoms with Crippen molar-refractivity contribution in [1.29, 1.82) is 0 Å². The number of carbonyl (C=O) groups excluding carboxylic acids is 3. The summed E-state index contributed by atoms with van der Waals surface area (Å²) in [6.07, 6.45) is 0.302. The lowest BCUT2D eigenvalue weighted by molar-refractivity contribution is -0.385. The first-order chi connectivity index (χ1) is 27.7. The van der Waals surface area contributed by atoms with E-state index in [1.54, 1.807) is 30.7 Å². The molecule has 1 saturated heterocycles. The summed E-state index contributed by atoms with van der Waals surface area (Å²) >= 11 is 0. The number of ether oxygens (including phenoxy) is 2. The molecule has 0 radical (unpaired) electrons. The third-order valence-electron chi connectivity index (χ3n) is 11.2. The topological polar surface area (TPSA) is 131 Å². The van der Waals surface area contributed by atoms with Crippen molar-refractivity contribution in [2.75, 3.05) is 30.4 Å². The minimum Gasteiger partial charge on any atom is -0.445 e. The zero-order valence-corrected chi connectivity index (χ0v) is 34.2. The summed E-state index contributed by atoms with van der Waals surface area (Å²) in [5, 5.41) is 14.4. The van der Waals surface area contributed by atoms with Crippen LogP contribution in [0.15, 0.2) is 97.1 Å². The smallest absolute Gasteiger partial charge is 0.411 e. The number of anilines is 2. The molecule has 1 N–H and O–H groups in total. The molecule has 0 saturated carbocycles.